The average Bonchev–Trinajstić information content (AvgIpc) is 3.27. The third-order valence-electron chi connectivity index (χ3n) is 7.67. The number of benzene rings is 2. The van der Waals surface area contributed by atoms with Gasteiger partial charge in [-0.05, 0) is 54.8 Å². The van der Waals surface area contributed by atoms with Crippen molar-refractivity contribution in [2.45, 2.75) is 24.8 Å². The van der Waals surface area contributed by atoms with Gasteiger partial charge in [0.25, 0.3) is 5.91 Å². The van der Waals surface area contributed by atoms with Crippen molar-refractivity contribution >= 4 is 44.3 Å². The van der Waals surface area contributed by atoms with Crippen LogP contribution in [-0.2, 0) is 16.3 Å². The van der Waals surface area contributed by atoms with Crippen molar-refractivity contribution < 1.29 is 22.7 Å². The number of hydrogen-bond donors (Lipinski definition) is 2. The van der Waals surface area contributed by atoms with Crippen LogP contribution in [0.15, 0.2) is 66.7 Å². The van der Waals surface area contributed by atoms with E-state index in [2.05, 4.69) is 10.3 Å². The zero-order chi connectivity index (χ0) is 28.9. The summed E-state index contributed by atoms with van der Waals surface area (Å²) in [5, 5.41) is 13.8. The lowest BCUT2D eigenvalue weighted by Gasteiger charge is -2.39. The predicted molar refractivity (Wildman–Crippen MR) is 160 cm³/mol. The van der Waals surface area contributed by atoms with E-state index in [1.54, 1.807) is 25.1 Å². The van der Waals surface area contributed by atoms with Crippen molar-refractivity contribution in [1.29, 1.82) is 0 Å². The molecule has 1 fully saturated rings. The van der Waals surface area contributed by atoms with Crippen molar-refractivity contribution in [1.82, 2.24) is 4.98 Å². The second kappa shape index (κ2) is 10.6. The highest BCUT2D eigenvalue weighted by molar-refractivity contribution is 7.91. The Kier molecular flexibility index (Phi) is 7.04. The second-order valence-electron chi connectivity index (χ2n) is 10.5. The van der Waals surface area contributed by atoms with E-state index in [4.69, 9.17) is 0 Å². The van der Waals surface area contributed by atoms with Crippen molar-refractivity contribution in [2.24, 2.45) is 0 Å². The number of fused-ring (bicyclic) bond motifs is 3. The highest BCUT2D eigenvalue weighted by Gasteiger charge is 2.36. The predicted octanol–water partition coefficient (Wildman–Crippen LogP) is 4.80. The zero-order valence-corrected chi connectivity index (χ0v) is 24.2. The zero-order valence-electron chi connectivity index (χ0n) is 22.5. The number of aliphatic hydroxyl groups is 1. The second-order valence-corrected chi connectivity index (χ2v) is 13.8. The lowest BCUT2D eigenvalue weighted by molar-refractivity contribution is 0.102. The third kappa shape index (κ3) is 5.20. The van der Waals surface area contributed by atoms with Gasteiger partial charge in [0, 0.05) is 42.0 Å². The van der Waals surface area contributed by atoms with E-state index in [0.717, 1.165) is 21.7 Å². The van der Waals surface area contributed by atoms with E-state index in [1.165, 1.54) is 23.7 Å². The van der Waals surface area contributed by atoms with Gasteiger partial charge in [-0.2, -0.15) is 0 Å². The Morgan fingerprint density at radius 2 is 1.88 bits per heavy atom. The fourth-order valence-electron chi connectivity index (χ4n) is 5.27. The average molecular weight is 593 g/mol. The minimum absolute atomic E-state index is 0.176. The molecular formula is C30H29FN4O4S2. The van der Waals surface area contributed by atoms with Crippen molar-refractivity contribution in [3.63, 3.8) is 0 Å². The highest BCUT2D eigenvalue weighted by Crippen LogP contribution is 2.43. The van der Waals surface area contributed by atoms with Gasteiger partial charge in [0.1, 0.15) is 11.6 Å². The highest BCUT2D eigenvalue weighted by atomic mass is 32.2. The number of pyridine rings is 1. The summed E-state index contributed by atoms with van der Waals surface area (Å²) in [7, 11) is -3.10. The molecule has 2 N–H and O–H groups in total. The number of aryl methyl sites for hydroxylation is 1. The molecule has 2 aliphatic heterocycles. The number of aromatic nitrogens is 1. The Balaban J connectivity index is 1.26. The number of carbonyl (C=O) groups is 1. The molecule has 1 saturated heterocycles. The Morgan fingerprint density at radius 1 is 1.12 bits per heavy atom. The Labute approximate surface area is 242 Å². The molecule has 11 heteroatoms. The molecule has 4 heterocycles. The minimum atomic E-state index is -3.10. The molecule has 0 radical (unpaired) electrons. The Morgan fingerprint density at radius 3 is 2.63 bits per heavy atom. The number of thiophene rings is 1. The molecule has 1 atom stereocenters. The number of carbonyl (C=O) groups excluding carboxylic acids is 1. The van der Waals surface area contributed by atoms with Crippen LogP contribution in [0.2, 0.25) is 0 Å². The van der Waals surface area contributed by atoms with Gasteiger partial charge in [0.15, 0.2) is 16.1 Å². The third-order valence-corrected chi connectivity index (χ3v) is 10.4. The molecule has 0 bridgehead atoms. The summed E-state index contributed by atoms with van der Waals surface area (Å²) in [5.74, 6) is -0.214. The molecule has 2 aromatic heterocycles. The molecule has 1 amide bonds. The quantitative estimate of drug-likeness (QED) is 0.332. The molecular weight excluding hydrogens is 563 g/mol. The van der Waals surface area contributed by atoms with Gasteiger partial charge in [-0.25, -0.2) is 17.8 Å². The summed E-state index contributed by atoms with van der Waals surface area (Å²) in [6.07, 6.45) is 0.784. The molecule has 41 heavy (non-hydrogen) atoms. The van der Waals surface area contributed by atoms with E-state index in [1.807, 2.05) is 52.3 Å². The monoisotopic (exact) mass is 592 g/mol. The fourth-order valence-corrected chi connectivity index (χ4v) is 7.31. The van der Waals surface area contributed by atoms with Crippen molar-refractivity contribution in [3.8, 4) is 10.4 Å². The van der Waals surface area contributed by atoms with Crippen LogP contribution in [0.4, 0.5) is 21.6 Å². The molecule has 0 spiro atoms. The summed E-state index contributed by atoms with van der Waals surface area (Å²) in [5.41, 5.74) is 3.96. The van der Waals surface area contributed by atoms with Gasteiger partial charge in [-0.15, -0.1) is 11.3 Å². The van der Waals surface area contributed by atoms with Crippen molar-refractivity contribution in [2.75, 3.05) is 41.0 Å². The first kappa shape index (κ1) is 27.4. The topological polar surface area (TPSA) is 103 Å². The molecule has 1 unspecified atom stereocenters. The molecule has 2 aliphatic rings. The molecule has 8 nitrogen and oxygen atoms in total. The number of amides is 1. The lowest BCUT2D eigenvalue weighted by atomic mass is 10.1. The molecule has 0 aliphatic carbocycles. The molecule has 212 valence electrons. The molecule has 4 aromatic rings. The fraction of sp³-hybridized carbons (Fsp3) is 0.267. The van der Waals surface area contributed by atoms with Crippen LogP contribution in [0.5, 0.6) is 0 Å². The van der Waals surface area contributed by atoms with Gasteiger partial charge in [-0.1, -0.05) is 36.4 Å². The number of nitrogens with zero attached hydrogens (tertiary/aromatic N) is 3. The summed E-state index contributed by atoms with van der Waals surface area (Å²) in [6.45, 7) is 2.98. The van der Waals surface area contributed by atoms with E-state index < -0.39 is 27.1 Å². The number of rotatable bonds is 6. The van der Waals surface area contributed by atoms with Gasteiger partial charge in [-0.3, -0.25) is 4.79 Å². The van der Waals surface area contributed by atoms with Gasteiger partial charge in [0.05, 0.1) is 21.5 Å². The number of aliphatic hydroxyl groups excluding tert-OH is 1. The number of nitrogens with one attached hydrogen (secondary N) is 1. The number of para-hydroxylation sites is 2. The lowest BCUT2D eigenvalue weighted by Crippen LogP contribution is -2.54. The van der Waals surface area contributed by atoms with Crippen LogP contribution >= 0.6 is 11.3 Å². The standard InChI is InChI=1S/C30H29FN4O4S2/c1-18-7-5-9-22(31)27(18)33-29(36)25-15-19-13-14-35(24-11-4-3-8-21(24)28(19)40-25)30(37)23-10-6-12-26(32-23)34-16-20(17-34)41(2,38)39/h3-12,15,20,30,37H,13-14,16-17H2,1-2H3,(H,33,36). The number of hydrogen-bond acceptors (Lipinski definition) is 8. The molecule has 6 rings (SSSR count). The van der Waals surface area contributed by atoms with Gasteiger partial charge >= 0.3 is 0 Å². The number of anilines is 3. The molecule has 0 saturated carbocycles. The summed E-state index contributed by atoms with van der Waals surface area (Å²) < 4.78 is 38.0. The first-order valence-electron chi connectivity index (χ1n) is 13.2. The molecule has 2 aromatic carbocycles. The van der Waals surface area contributed by atoms with Crippen molar-refractivity contribution in [3.05, 3.63) is 94.2 Å². The maximum Gasteiger partial charge on any atom is 0.265 e. The summed E-state index contributed by atoms with van der Waals surface area (Å²) in [6, 6.07) is 19.6. The minimum Gasteiger partial charge on any atom is -0.368 e. The Hall–Kier alpha value is -3.80. The number of sulfone groups is 1. The van der Waals surface area contributed by atoms with E-state index in [-0.39, 0.29) is 11.6 Å². The SMILES string of the molecule is Cc1cccc(F)c1NC(=O)c1cc2c(s1)-c1ccccc1N(C(O)c1cccc(N3CC(S(C)(=O)=O)C3)n1)CC2. The van der Waals surface area contributed by atoms with Crippen LogP contribution in [0.25, 0.3) is 10.4 Å². The van der Waals surface area contributed by atoms with E-state index in [9.17, 15) is 22.7 Å². The van der Waals surface area contributed by atoms with E-state index >= 15 is 0 Å². The normalized spacial score (nSPS) is 15.9. The smallest absolute Gasteiger partial charge is 0.265 e. The number of halogens is 1. The van der Waals surface area contributed by atoms with Crippen LogP contribution < -0.4 is 15.1 Å². The van der Waals surface area contributed by atoms with Gasteiger partial charge < -0.3 is 20.2 Å². The van der Waals surface area contributed by atoms with Crippen LogP contribution in [0.3, 0.4) is 0 Å². The van der Waals surface area contributed by atoms with Crippen LogP contribution in [0.1, 0.15) is 32.7 Å². The maximum atomic E-state index is 14.3. The first-order valence-corrected chi connectivity index (χ1v) is 16.0. The Bertz CT molecular complexity index is 1730. The van der Waals surface area contributed by atoms with E-state index in [0.29, 0.717) is 48.0 Å². The van der Waals surface area contributed by atoms with Crippen LogP contribution in [-0.4, -0.2) is 55.6 Å². The largest absolute Gasteiger partial charge is 0.368 e. The van der Waals surface area contributed by atoms with Crippen LogP contribution in [0, 0.1) is 12.7 Å². The summed E-state index contributed by atoms with van der Waals surface area (Å²) >= 11 is 1.34. The first-order chi connectivity index (χ1) is 19.6. The maximum absolute atomic E-state index is 14.3. The summed E-state index contributed by atoms with van der Waals surface area (Å²) in [4.78, 5) is 23.0. The van der Waals surface area contributed by atoms with Gasteiger partial charge in [0.2, 0.25) is 0 Å².